The van der Waals surface area contributed by atoms with Crippen molar-refractivity contribution in [2.45, 2.75) is 26.7 Å². The van der Waals surface area contributed by atoms with Gasteiger partial charge in [-0.25, -0.2) is 4.98 Å². The van der Waals surface area contributed by atoms with Crippen LogP contribution in [0.25, 0.3) is 11.4 Å². The van der Waals surface area contributed by atoms with Gasteiger partial charge in [0.25, 0.3) is 5.91 Å². The molecule has 1 saturated heterocycles. The molecule has 0 spiro atoms. The van der Waals surface area contributed by atoms with Crippen molar-refractivity contribution in [1.82, 2.24) is 29.9 Å². The molecule has 0 saturated carbocycles. The van der Waals surface area contributed by atoms with E-state index in [0.717, 1.165) is 43.7 Å². The second-order valence-corrected chi connectivity index (χ2v) is 7.66. The quantitative estimate of drug-likeness (QED) is 0.621. The van der Waals surface area contributed by atoms with Gasteiger partial charge in [0.2, 0.25) is 11.7 Å². The van der Waals surface area contributed by atoms with Crippen molar-refractivity contribution in [1.29, 1.82) is 0 Å². The zero-order valence-electron chi connectivity index (χ0n) is 17.4. The zero-order chi connectivity index (χ0) is 20.9. The lowest BCUT2D eigenvalue weighted by molar-refractivity contribution is 0.0629. The van der Waals surface area contributed by atoms with Crippen LogP contribution < -0.4 is 0 Å². The van der Waals surface area contributed by atoms with Crippen molar-refractivity contribution in [3.8, 4) is 11.4 Å². The molecule has 1 aliphatic heterocycles. The summed E-state index contributed by atoms with van der Waals surface area (Å²) in [7, 11) is 0. The molecule has 2 aromatic heterocycles. The van der Waals surface area contributed by atoms with Crippen LogP contribution in [0, 0.1) is 13.8 Å². The zero-order valence-corrected chi connectivity index (χ0v) is 17.4. The van der Waals surface area contributed by atoms with Crippen molar-refractivity contribution in [3.05, 3.63) is 59.5 Å². The first-order valence-corrected chi connectivity index (χ1v) is 10.3. The molecule has 1 amide bonds. The average molecular weight is 406 g/mol. The van der Waals surface area contributed by atoms with E-state index in [1.807, 2.05) is 36.1 Å². The van der Waals surface area contributed by atoms with Gasteiger partial charge in [-0.05, 0) is 26.8 Å². The lowest BCUT2D eigenvalue weighted by Crippen LogP contribution is -2.49. The summed E-state index contributed by atoms with van der Waals surface area (Å²) in [5.41, 5.74) is 3.39. The topological polar surface area (TPSA) is 88.3 Å². The molecule has 30 heavy (non-hydrogen) atoms. The molecule has 4 rings (SSSR count). The fourth-order valence-electron chi connectivity index (χ4n) is 3.47. The number of carbonyl (C=O) groups is 1. The number of benzene rings is 1. The molecular weight excluding hydrogens is 380 g/mol. The van der Waals surface area contributed by atoms with Gasteiger partial charge in [0.15, 0.2) is 0 Å². The minimum atomic E-state index is -0.0448. The number of rotatable bonds is 6. The minimum Gasteiger partial charge on any atom is -0.339 e. The molecule has 1 aromatic carbocycles. The molecule has 3 heterocycles. The third kappa shape index (κ3) is 4.88. The monoisotopic (exact) mass is 406 g/mol. The van der Waals surface area contributed by atoms with Crippen molar-refractivity contribution in [2.75, 3.05) is 32.7 Å². The van der Waals surface area contributed by atoms with Crippen LogP contribution in [0.1, 0.15) is 34.1 Å². The molecular formula is C22H26N6O2. The van der Waals surface area contributed by atoms with Crippen molar-refractivity contribution >= 4 is 5.91 Å². The fraction of sp³-hybridized carbons (Fsp3) is 0.409. The number of amides is 1. The Balaban J connectivity index is 1.21. The molecule has 0 N–H and O–H groups in total. The number of nitrogens with zero attached hydrogens (tertiary/aromatic N) is 6. The third-order valence-electron chi connectivity index (χ3n) is 5.30. The van der Waals surface area contributed by atoms with Crippen molar-refractivity contribution < 1.29 is 9.32 Å². The molecule has 8 nitrogen and oxygen atoms in total. The van der Waals surface area contributed by atoms with Gasteiger partial charge < -0.3 is 9.42 Å². The van der Waals surface area contributed by atoms with Crippen LogP contribution in [0.2, 0.25) is 0 Å². The molecule has 0 aliphatic carbocycles. The summed E-state index contributed by atoms with van der Waals surface area (Å²) >= 11 is 0. The van der Waals surface area contributed by atoms with Gasteiger partial charge in [0, 0.05) is 44.4 Å². The largest absolute Gasteiger partial charge is 0.339 e. The molecule has 0 radical (unpaired) electrons. The van der Waals surface area contributed by atoms with Gasteiger partial charge in [-0.15, -0.1) is 0 Å². The number of piperazine rings is 1. The molecule has 156 valence electrons. The van der Waals surface area contributed by atoms with Gasteiger partial charge in [-0.2, -0.15) is 4.98 Å². The van der Waals surface area contributed by atoms with E-state index in [1.165, 1.54) is 5.56 Å². The smallest absolute Gasteiger partial charge is 0.274 e. The minimum absolute atomic E-state index is 0.0448. The Morgan fingerprint density at radius 1 is 1.03 bits per heavy atom. The van der Waals surface area contributed by atoms with Crippen LogP contribution in [-0.4, -0.2) is 68.5 Å². The first kappa shape index (κ1) is 20.2. The van der Waals surface area contributed by atoms with Gasteiger partial charge >= 0.3 is 0 Å². The molecule has 1 fully saturated rings. The van der Waals surface area contributed by atoms with Crippen LogP contribution in [0.4, 0.5) is 0 Å². The fourth-order valence-corrected chi connectivity index (χ4v) is 3.47. The number of hydrogen-bond acceptors (Lipinski definition) is 7. The van der Waals surface area contributed by atoms with E-state index in [1.54, 1.807) is 12.4 Å². The summed E-state index contributed by atoms with van der Waals surface area (Å²) in [5, 5.41) is 4.09. The highest BCUT2D eigenvalue weighted by atomic mass is 16.5. The van der Waals surface area contributed by atoms with Crippen molar-refractivity contribution in [3.63, 3.8) is 0 Å². The normalized spacial score (nSPS) is 14.8. The maximum atomic E-state index is 12.5. The highest BCUT2D eigenvalue weighted by molar-refractivity contribution is 5.92. The molecule has 8 heteroatoms. The molecule has 0 bridgehead atoms. The summed E-state index contributed by atoms with van der Waals surface area (Å²) in [5.74, 6) is 1.25. The van der Waals surface area contributed by atoms with E-state index in [0.29, 0.717) is 30.5 Å². The molecule has 0 atom stereocenters. The Labute approximate surface area is 175 Å². The Kier molecular flexibility index (Phi) is 6.13. The second kappa shape index (κ2) is 9.13. The van der Waals surface area contributed by atoms with Crippen LogP contribution in [0.3, 0.4) is 0 Å². The van der Waals surface area contributed by atoms with E-state index >= 15 is 0 Å². The SMILES string of the molecule is Cc1ccc(-c2noc(CCCN3CCN(C(=O)c4cnc(C)cn4)CC3)n2)cc1. The predicted octanol–water partition coefficient (Wildman–Crippen LogP) is 2.53. The first-order chi connectivity index (χ1) is 14.6. The number of hydrogen-bond donors (Lipinski definition) is 0. The summed E-state index contributed by atoms with van der Waals surface area (Å²) in [4.78, 5) is 29.6. The van der Waals surface area contributed by atoms with Crippen LogP contribution in [-0.2, 0) is 6.42 Å². The standard InChI is InChI=1S/C22H26N6O2/c1-16-5-7-18(8-6-16)21-25-20(30-26-21)4-3-9-27-10-12-28(13-11-27)22(29)19-15-23-17(2)14-24-19/h5-8,14-15H,3-4,9-13H2,1-2H3. The summed E-state index contributed by atoms with van der Waals surface area (Å²) in [6.45, 7) is 7.95. The summed E-state index contributed by atoms with van der Waals surface area (Å²) in [6, 6.07) is 8.10. The van der Waals surface area contributed by atoms with E-state index in [2.05, 4.69) is 31.9 Å². The van der Waals surface area contributed by atoms with Crippen molar-refractivity contribution in [2.24, 2.45) is 0 Å². The first-order valence-electron chi connectivity index (χ1n) is 10.3. The lowest BCUT2D eigenvalue weighted by atomic mass is 10.1. The Morgan fingerprint density at radius 3 is 2.50 bits per heavy atom. The third-order valence-corrected chi connectivity index (χ3v) is 5.30. The highest BCUT2D eigenvalue weighted by Crippen LogP contribution is 2.17. The molecule has 0 unspecified atom stereocenters. The van der Waals surface area contributed by atoms with Gasteiger partial charge in [0.05, 0.1) is 11.9 Å². The highest BCUT2D eigenvalue weighted by Gasteiger charge is 2.23. The Hall–Kier alpha value is -3.13. The second-order valence-electron chi connectivity index (χ2n) is 7.66. The molecule has 1 aliphatic rings. The Bertz CT molecular complexity index is 976. The summed E-state index contributed by atoms with van der Waals surface area (Å²) in [6.07, 6.45) is 4.87. The van der Waals surface area contributed by atoms with E-state index in [9.17, 15) is 4.79 Å². The van der Waals surface area contributed by atoms with Gasteiger partial charge in [0.1, 0.15) is 5.69 Å². The lowest BCUT2D eigenvalue weighted by Gasteiger charge is -2.34. The maximum absolute atomic E-state index is 12.5. The Morgan fingerprint density at radius 2 is 1.80 bits per heavy atom. The van der Waals surface area contributed by atoms with Gasteiger partial charge in [-0.1, -0.05) is 35.0 Å². The average Bonchev–Trinajstić information content (AvgIpc) is 3.24. The number of aromatic nitrogens is 4. The maximum Gasteiger partial charge on any atom is 0.274 e. The summed E-state index contributed by atoms with van der Waals surface area (Å²) < 4.78 is 5.40. The number of aryl methyl sites for hydroxylation is 3. The van der Waals surface area contributed by atoms with E-state index in [-0.39, 0.29) is 5.91 Å². The molecule has 3 aromatic rings. The van der Waals surface area contributed by atoms with Gasteiger partial charge in [-0.3, -0.25) is 14.7 Å². The van der Waals surface area contributed by atoms with E-state index < -0.39 is 0 Å². The van der Waals surface area contributed by atoms with Crippen LogP contribution in [0.5, 0.6) is 0 Å². The van der Waals surface area contributed by atoms with E-state index in [4.69, 9.17) is 4.52 Å². The predicted molar refractivity (Wildman–Crippen MR) is 112 cm³/mol. The number of carbonyl (C=O) groups excluding carboxylic acids is 1. The van der Waals surface area contributed by atoms with Crippen LogP contribution >= 0.6 is 0 Å². The van der Waals surface area contributed by atoms with Crippen LogP contribution in [0.15, 0.2) is 41.2 Å².